The maximum atomic E-state index is 10.5. The molecule has 60 valence electrons. The third-order valence-electron chi connectivity index (χ3n) is 1.45. The van der Waals surface area contributed by atoms with Crippen LogP contribution in [0.3, 0.4) is 0 Å². The number of hydrogen-bond donors (Lipinski definition) is 2. The molecule has 0 radical (unpaired) electrons. The molecule has 0 bridgehead atoms. The van der Waals surface area contributed by atoms with Gasteiger partial charge in [0.25, 0.3) is 0 Å². The predicted molar refractivity (Wildman–Crippen MR) is 44.6 cm³/mol. The Morgan fingerprint density at radius 1 is 1.55 bits per heavy atom. The molecule has 0 saturated heterocycles. The summed E-state index contributed by atoms with van der Waals surface area (Å²) in [6.45, 7) is 1.85. The number of anilines is 1. The lowest BCUT2D eigenvalue weighted by molar-refractivity contribution is 0.564. The number of nitrogen functional groups attached to an aromatic ring is 1. The zero-order valence-corrected chi connectivity index (χ0v) is 6.89. The Morgan fingerprint density at radius 2 is 2.18 bits per heavy atom. The number of hydrogen-bond acceptors (Lipinski definition) is 2. The van der Waals surface area contributed by atoms with Gasteiger partial charge in [0.2, 0.25) is 0 Å². The number of benzene rings is 1. The van der Waals surface area contributed by atoms with Crippen LogP contribution in [0.4, 0.5) is 5.69 Å². The molecule has 0 amide bonds. The van der Waals surface area contributed by atoms with Gasteiger partial charge in [0.05, 0.1) is 4.90 Å². The normalized spacial score (nSPS) is 12.9. The van der Waals surface area contributed by atoms with Gasteiger partial charge in [-0.25, -0.2) is 4.21 Å². The molecule has 0 fully saturated rings. The summed E-state index contributed by atoms with van der Waals surface area (Å²) < 4.78 is 19.2. The Balaban J connectivity index is 3.15. The molecule has 0 aromatic heterocycles. The van der Waals surface area contributed by atoms with Crippen molar-refractivity contribution in [2.45, 2.75) is 11.8 Å². The average Bonchev–Trinajstić information content (AvgIpc) is 1.94. The smallest absolute Gasteiger partial charge is 0.186 e. The van der Waals surface area contributed by atoms with Crippen LogP contribution in [0.25, 0.3) is 0 Å². The van der Waals surface area contributed by atoms with Crippen LogP contribution in [0.5, 0.6) is 0 Å². The molecule has 3 nitrogen and oxygen atoms in total. The Morgan fingerprint density at radius 3 is 2.64 bits per heavy atom. The molecule has 1 aromatic rings. The molecule has 0 aliphatic heterocycles. The summed E-state index contributed by atoms with van der Waals surface area (Å²) in [4.78, 5) is 0.341. The maximum Gasteiger partial charge on any atom is 0.186 e. The highest BCUT2D eigenvalue weighted by Crippen LogP contribution is 2.14. The Bertz CT molecular complexity index is 298. The van der Waals surface area contributed by atoms with Gasteiger partial charge in [0, 0.05) is 5.69 Å². The molecular weight excluding hydrogens is 162 g/mol. The van der Waals surface area contributed by atoms with Crippen molar-refractivity contribution in [3.05, 3.63) is 23.8 Å². The fraction of sp³-hybridized carbons (Fsp3) is 0.143. The quantitative estimate of drug-likeness (QED) is 0.492. The first-order valence-corrected chi connectivity index (χ1v) is 4.19. The summed E-state index contributed by atoms with van der Waals surface area (Å²) in [5.74, 6) is 0. The van der Waals surface area contributed by atoms with Crippen LogP contribution >= 0.6 is 0 Å². The van der Waals surface area contributed by atoms with E-state index in [-0.39, 0.29) is 0 Å². The molecule has 1 rings (SSSR count). The summed E-state index contributed by atoms with van der Waals surface area (Å²) in [7, 11) is 0. The second-order valence-corrected chi connectivity index (χ2v) is 3.24. The molecule has 1 aromatic carbocycles. The summed E-state index contributed by atoms with van der Waals surface area (Å²) in [6.07, 6.45) is 0. The van der Waals surface area contributed by atoms with E-state index >= 15 is 0 Å². The molecular formula is C7H9NO2S. The Hall–Kier alpha value is -0.870. The molecule has 0 aliphatic rings. The van der Waals surface area contributed by atoms with E-state index in [4.69, 9.17) is 10.3 Å². The third kappa shape index (κ3) is 1.78. The predicted octanol–water partition coefficient (Wildman–Crippen LogP) is 1.16. The maximum absolute atomic E-state index is 10.5. The minimum atomic E-state index is -1.93. The van der Waals surface area contributed by atoms with Gasteiger partial charge in [-0.05, 0) is 24.6 Å². The molecule has 4 heteroatoms. The van der Waals surface area contributed by atoms with Gasteiger partial charge in [-0.1, -0.05) is 6.07 Å². The van der Waals surface area contributed by atoms with Gasteiger partial charge in [-0.2, -0.15) is 0 Å². The van der Waals surface area contributed by atoms with E-state index < -0.39 is 11.1 Å². The van der Waals surface area contributed by atoms with Crippen molar-refractivity contribution >= 4 is 16.8 Å². The van der Waals surface area contributed by atoms with E-state index in [1.807, 2.05) is 6.92 Å². The second-order valence-electron chi connectivity index (χ2n) is 2.27. The zero-order chi connectivity index (χ0) is 8.43. The first kappa shape index (κ1) is 8.23. The minimum absolute atomic E-state index is 0.341. The van der Waals surface area contributed by atoms with E-state index in [2.05, 4.69) is 0 Å². The third-order valence-corrected chi connectivity index (χ3v) is 2.11. The van der Waals surface area contributed by atoms with Gasteiger partial charge >= 0.3 is 0 Å². The monoisotopic (exact) mass is 171 g/mol. The second kappa shape index (κ2) is 3.02. The number of aryl methyl sites for hydroxylation is 1. The van der Waals surface area contributed by atoms with Gasteiger partial charge in [-0.3, -0.25) is 0 Å². The van der Waals surface area contributed by atoms with Crippen molar-refractivity contribution in [3.8, 4) is 0 Å². The van der Waals surface area contributed by atoms with Crippen molar-refractivity contribution in [3.63, 3.8) is 0 Å². The highest BCUT2D eigenvalue weighted by Gasteiger charge is 2.00. The fourth-order valence-electron chi connectivity index (χ4n) is 0.727. The zero-order valence-electron chi connectivity index (χ0n) is 6.07. The molecule has 1 unspecified atom stereocenters. The summed E-state index contributed by atoms with van der Waals surface area (Å²) in [5, 5.41) is 0. The molecule has 11 heavy (non-hydrogen) atoms. The lowest BCUT2D eigenvalue weighted by Gasteiger charge is -2.00. The number of rotatable bonds is 1. The van der Waals surface area contributed by atoms with Crippen molar-refractivity contribution in [1.29, 1.82) is 0 Å². The van der Waals surface area contributed by atoms with Crippen molar-refractivity contribution in [2.75, 3.05) is 5.73 Å². The fourth-order valence-corrected chi connectivity index (χ4v) is 1.14. The van der Waals surface area contributed by atoms with Gasteiger partial charge in [0.1, 0.15) is 0 Å². The summed E-state index contributed by atoms with van der Waals surface area (Å²) >= 11 is -1.93. The SMILES string of the molecule is Cc1ccc(S(=O)O)cc1N. The minimum Gasteiger partial charge on any atom is -0.398 e. The average molecular weight is 171 g/mol. The molecule has 0 spiro atoms. The van der Waals surface area contributed by atoms with Crippen LogP contribution in [-0.2, 0) is 11.1 Å². The van der Waals surface area contributed by atoms with E-state index in [1.165, 1.54) is 6.07 Å². The lowest BCUT2D eigenvalue weighted by Crippen LogP contribution is -1.93. The lowest BCUT2D eigenvalue weighted by atomic mass is 10.2. The van der Waals surface area contributed by atoms with E-state index in [9.17, 15) is 4.21 Å². The Labute approximate surface area is 67.5 Å². The van der Waals surface area contributed by atoms with Crippen LogP contribution in [-0.4, -0.2) is 8.76 Å². The topological polar surface area (TPSA) is 63.3 Å². The van der Waals surface area contributed by atoms with Crippen LogP contribution in [0, 0.1) is 6.92 Å². The van der Waals surface area contributed by atoms with Gasteiger partial charge in [0.15, 0.2) is 11.1 Å². The standard InChI is InChI=1S/C7H9NO2S/c1-5-2-3-6(11(9)10)4-7(5)8/h2-4H,8H2,1H3,(H,9,10). The number of nitrogens with two attached hydrogens (primary N) is 1. The van der Waals surface area contributed by atoms with Gasteiger partial charge < -0.3 is 10.3 Å². The van der Waals surface area contributed by atoms with Crippen LogP contribution in [0.15, 0.2) is 23.1 Å². The molecule has 1 atom stereocenters. The van der Waals surface area contributed by atoms with Gasteiger partial charge in [-0.15, -0.1) is 0 Å². The highest BCUT2D eigenvalue weighted by atomic mass is 32.2. The first-order chi connectivity index (χ1) is 5.11. The van der Waals surface area contributed by atoms with E-state index in [0.29, 0.717) is 10.6 Å². The van der Waals surface area contributed by atoms with E-state index in [1.54, 1.807) is 12.1 Å². The highest BCUT2D eigenvalue weighted by molar-refractivity contribution is 7.79. The molecule has 3 N–H and O–H groups in total. The molecule has 0 saturated carbocycles. The molecule has 0 heterocycles. The van der Waals surface area contributed by atoms with Crippen molar-refractivity contribution < 1.29 is 8.76 Å². The van der Waals surface area contributed by atoms with Crippen LogP contribution in [0.1, 0.15) is 5.56 Å². The molecule has 0 aliphatic carbocycles. The summed E-state index contributed by atoms with van der Waals surface area (Å²) in [6, 6.07) is 4.81. The summed E-state index contributed by atoms with van der Waals surface area (Å²) in [5.41, 5.74) is 6.98. The van der Waals surface area contributed by atoms with Crippen molar-refractivity contribution in [2.24, 2.45) is 0 Å². The first-order valence-electron chi connectivity index (χ1n) is 3.08. The van der Waals surface area contributed by atoms with Crippen LogP contribution in [0.2, 0.25) is 0 Å². The van der Waals surface area contributed by atoms with Crippen LogP contribution < -0.4 is 5.73 Å². The van der Waals surface area contributed by atoms with E-state index in [0.717, 1.165) is 5.56 Å². The largest absolute Gasteiger partial charge is 0.398 e. The van der Waals surface area contributed by atoms with Crippen molar-refractivity contribution in [1.82, 2.24) is 0 Å². The Kier molecular flexibility index (Phi) is 2.26.